The van der Waals surface area contributed by atoms with E-state index in [4.69, 9.17) is 9.84 Å². The Morgan fingerprint density at radius 2 is 1.37 bits per heavy atom. The molecule has 0 aliphatic heterocycles. The molecule has 0 bridgehead atoms. The van der Waals surface area contributed by atoms with Gasteiger partial charge in [0.15, 0.2) is 0 Å². The first-order chi connectivity index (χ1) is 9.20. The first-order valence-electron chi connectivity index (χ1n) is 7.23. The fourth-order valence-corrected chi connectivity index (χ4v) is 1.72. The zero-order valence-corrected chi connectivity index (χ0v) is 13.8. The van der Waals surface area contributed by atoms with Crippen LogP contribution in [-0.4, -0.2) is 18.3 Å². The van der Waals surface area contributed by atoms with E-state index >= 15 is 0 Å². The van der Waals surface area contributed by atoms with Crippen LogP contribution in [0.5, 0.6) is 5.75 Å². The van der Waals surface area contributed by atoms with Crippen LogP contribution < -0.4 is 0 Å². The molecule has 0 heterocycles. The lowest BCUT2D eigenvalue weighted by atomic mass is 10.2. The molecule has 0 radical (unpaired) electrons. The van der Waals surface area contributed by atoms with E-state index in [1.54, 1.807) is 24.3 Å². The van der Waals surface area contributed by atoms with Crippen molar-refractivity contribution in [1.82, 2.24) is 0 Å². The SMILES string of the molecule is CCCCCOCCCCC.Oc1ccc(Br)cc1. The quantitative estimate of drug-likeness (QED) is 0.634. The Hall–Kier alpha value is -0.540. The summed E-state index contributed by atoms with van der Waals surface area (Å²) in [7, 11) is 0. The third-order valence-corrected chi connectivity index (χ3v) is 3.14. The molecule has 1 N–H and O–H groups in total. The van der Waals surface area contributed by atoms with Crippen molar-refractivity contribution < 1.29 is 9.84 Å². The Balaban J connectivity index is 0.000000356. The fourth-order valence-electron chi connectivity index (χ4n) is 1.45. The maximum Gasteiger partial charge on any atom is 0.115 e. The van der Waals surface area contributed by atoms with Gasteiger partial charge < -0.3 is 9.84 Å². The zero-order chi connectivity index (χ0) is 14.3. The van der Waals surface area contributed by atoms with Crippen molar-refractivity contribution in [3.8, 4) is 5.75 Å². The van der Waals surface area contributed by atoms with E-state index in [0.29, 0.717) is 5.75 Å². The number of unbranched alkanes of at least 4 members (excludes halogenated alkanes) is 4. The largest absolute Gasteiger partial charge is 0.508 e. The van der Waals surface area contributed by atoms with Gasteiger partial charge in [-0.05, 0) is 37.1 Å². The average molecular weight is 331 g/mol. The second-order valence-electron chi connectivity index (χ2n) is 4.50. The maximum absolute atomic E-state index is 8.74. The normalized spacial score (nSPS) is 9.84. The summed E-state index contributed by atoms with van der Waals surface area (Å²) in [5.74, 6) is 0.299. The van der Waals surface area contributed by atoms with Crippen LogP contribution in [0.3, 0.4) is 0 Å². The molecule has 0 saturated heterocycles. The molecule has 2 nitrogen and oxygen atoms in total. The van der Waals surface area contributed by atoms with Gasteiger partial charge in [-0.3, -0.25) is 0 Å². The molecular weight excluding hydrogens is 304 g/mol. The van der Waals surface area contributed by atoms with E-state index in [9.17, 15) is 0 Å². The number of halogens is 1. The van der Waals surface area contributed by atoms with E-state index in [1.165, 1.54) is 38.5 Å². The summed E-state index contributed by atoms with van der Waals surface area (Å²) in [6.45, 7) is 6.38. The lowest BCUT2D eigenvalue weighted by Gasteiger charge is -2.01. The molecule has 19 heavy (non-hydrogen) atoms. The molecule has 1 aromatic carbocycles. The Morgan fingerprint density at radius 3 is 1.74 bits per heavy atom. The van der Waals surface area contributed by atoms with E-state index in [0.717, 1.165) is 17.7 Å². The topological polar surface area (TPSA) is 29.5 Å². The number of hydrogen-bond acceptors (Lipinski definition) is 2. The third kappa shape index (κ3) is 13.7. The molecule has 0 aliphatic carbocycles. The summed E-state index contributed by atoms with van der Waals surface area (Å²) in [6.07, 6.45) is 7.68. The van der Waals surface area contributed by atoms with Crippen molar-refractivity contribution in [2.24, 2.45) is 0 Å². The van der Waals surface area contributed by atoms with Crippen LogP contribution in [-0.2, 0) is 4.74 Å². The Kier molecular flexibility index (Phi) is 13.5. The molecular formula is C16H27BrO2. The van der Waals surface area contributed by atoms with Crippen molar-refractivity contribution in [3.63, 3.8) is 0 Å². The lowest BCUT2D eigenvalue weighted by Crippen LogP contribution is -1.96. The average Bonchev–Trinajstić information content (AvgIpc) is 2.42. The minimum Gasteiger partial charge on any atom is -0.508 e. The highest BCUT2D eigenvalue weighted by Crippen LogP contribution is 2.13. The lowest BCUT2D eigenvalue weighted by molar-refractivity contribution is 0.126. The third-order valence-electron chi connectivity index (χ3n) is 2.61. The van der Waals surface area contributed by atoms with Gasteiger partial charge >= 0.3 is 0 Å². The van der Waals surface area contributed by atoms with Gasteiger partial charge in [0.1, 0.15) is 5.75 Å². The van der Waals surface area contributed by atoms with Gasteiger partial charge in [0.25, 0.3) is 0 Å². The summed E-state index contributed by atoms with van der Waals surface area (Å²) in [5.41, 5.74) is 0. The predicted octanol–water partition coefficient (Wildman–Crippen LogP) is 5.54. The van der Waals surface area contributed by atoms with Crippen molar-refractivity contribution >= 4 is 15.9 Å². The molecule has 0 aliphatic rings. The summed E-state index contributed by atoms with van der Waals surface area (Å²) in [4.78, 5) is 0. The summed E-state index contributed by atoms with van der Waals surface area (Å²) in [6, 6.07) is 6.83. The Labute approximate surface area is 126 Å². The minimum atomic E-state index is 0.299. The number of aromatic hydroxyl groups is 1. The maximum atomic E-state index is 8.74. The first kappa shape index (κ1) is 18.5. The van der Waals surface area contributed by atoms with Gasteiger partial charge in [-0.2, -0.15) is 0 Å². The number of benzene rings is 1. The second-order valence-corrected chi connectivity index (χ2v) is 5.42. The van der Waals surface area contributed by atoms with E-state index in [-0.39, 0.29) is 0 Å². The highest BCUT2D eigenvalue weighted by molar-refractivity contribution is 9.10. The molecule has 3 heteroatoms. The molecule has 1 rings (SSSR count). The van der Waals surface area contributed by atoms with Gasteiger partial charge in [0.05, 0.1) is 0 Å². The van der Waals surface area contributed by atoms with Crippen LogP contribution in [0.1, 0.15) is 52.4 Å². The summed E-state index contributed by atoms with van der Waals surface area (Å²) in [5, 5.41) is 8.74. The first-order valence-corrected chi connectivity index (χ1v) is 8.02. The number of rotatable bonds is 8. The van der Waals surface area contributed by atoms with Gasteiger partial charge in [0.2, 0.25) is 0 Å². The molecule has 0 atom stereocenters. The molecule has 0 aromatic heterocycles. The molecule has 1 aromatic rings. The van der Waals surface area contributed by atoms with Crippen LogP contribution >= 0.6 is 15.9 Å². The number of hydrogen-bond donors (Lipinski definition) is 1. The zero-order valence-electron chi connectivity index (χ0n) is 12.2. The molecule has 0 spiro atoms. The van der Waals surface area contributed by atoms with Crippen molar-refractivity contribution in [2.75, 3.05) is 13.2 Å². The van der Waals surface area contributed by atoms with Gasteiger partial charge in [0, 0.05) is 17.7 Å². The highest BCUT2D eigenvalue weighted by Gasteiger charge is 1.88. The van der Waals surface area contributed by atoms with Crippen LogP contribution in [0, 0.1) is 0 Å². The summed E-state index contributed by atoms with van der Waals surface area (Å²) < 4.78 is 6.42. The van der Waals surface area contributed by atoms with Crippen molar-refractivity contribution in [2.45, 2.75) is 52.4 Å². The van der Waals surface area contributed by atoms with E-state index in [2.05, 4.69) is 29.8 Å². The van der Waals surface area contributed by atoms with E-state index in [1.807, 2.05) is 0 Å². The molecule has 0 fully saturated rings. The van der Waals surface area contributed by atoms with E-state index < -0.39 is 0 Å². The number of phenols is 1. The highest BCUT2D eigenvalue weighted by atomic mass is 79.9. The van der Waals surface area contributed by atoms with Gasteiger partial charge in [-0.25, -0.2) is 0 Å². The van der Waals surface area contributed by atoms with Gasteiger partial charge in [-0.15, -0.1) is 0 Å². The Bertz CT molecular complexity index is 256. The van der Waals surface area contributed by atoms with Crippen LogP contribution in [0.15, 0.2) is 28.7 Å². The second kappa shape index (κ2) is 13.9. The van der Waals surface area contributed by atoms with Crippen LogP contribution in [0.25, 0.3) is 0 Å². The number of ether oxygens (including phenoxy) is 1. The monoisotopic (exact) mass is 330 g/mol. The Morgan fingerprint density at radius 1 is 0.895 bits per heavy atom. The number of phenolic OH excluding ortho intramolecular Hbond substituents is 1. The van der Waals surface area contributed by atoms with Crippen LogP contribution in [0.4, 0.5) is 0 Å². The smallest absolute Gasteiger partial charge is 0.115 e. The minimum absolute atomic E-state index is 0.299. The summed E-state index contributed by atoms with van der Waals surface area (Å²) >= 11 is 3.23. The fraction of sp³-hybridized carbons (Fsp3) is 0.625. The predicted molar refractivity (Wildman–Crippen MR) is 85.7 cm³/mol. The van der Waals surface area contributed by atoms with Crippen molar-refractivity contribution in [3.05, 3.63) is 28.7 Å². The standard InChI is InChI=1S/C10H22O.C6H5BrO/c1-3-5-7-9-11-10-8-6-4-2;7-5-1-3-6(8)4-2-5/h3-10H2,1-2H3;1-4,8H. The molecule has 0 amide bonds. The van der Waals surface area contributed by atoms with Crippen LogP contribution in [0.2, 0.25) is 0 Å². The molecule has 0 saturated carbocycles. The molecule has 0 unspecified atom stereocenters. The van der Waals surface area contributed by atoms with Crippen molar-refractivity contribution in [1.29, 1.82) is 0 Å². The molecule has 110 valence electrons. The van der Waals surface area contributed by atoms with Gasteiger partial charge in [-0.1, -0.05) is 55.5 Å².